The lowest BCUT2D eigenvalue weighted by molar-refractivity contribution is 0.323. The highest BCUT2D eigenvalue weighted by atomic mass is 16.5. The monoisotopic (exact) mass is 282 g/mol. The molecule has 5 nitrogen and oxygen atoms in total. The summed E-state index contributed by atoms with van der Waals surface area (Å²) in [5, 5.41) is 3.47. The first-order chi connectivity index (χ1) is 9.67. The van der Waals surface area contributed by atoms with E-state index in [0.717, 1.165) is 31.5 Å². The smallest absolute Gasteiger partial charge is 0.203 e. The van der Waals surface area contributed by atoms with E-state index in [4.69, 9.17) is 19.9 Å². The molecule has 1 unspecified atom stereocenters. The van der Waals surface area contributed by atoms with Crippen LogP contribution in [0.3, 0.4) is 0 Å². The zero-order valence-electron chi connectivity index (χ0n) is 12.9. The lowest BCUT2D eigenvalue weighted by atomic mass is 10.1. The topological polar surface area (TPSA) is 65.7 Å². The summed E-state index contributed by atoms with van der Waals surface area (Å²) >= 11 is 0. The summed E-state index contributed by atoms with van der Waals surface area (Å²) in [5.74, 6) is 1.98. The van der Waals surface area contributed by atoms with Gasteiger partial charge in [0.1, 0.15) is 0 Å². The quantitative estimate of drug-likeness (QED) is 0.679. The molecule has 0 amide bonds. The van der Waals surface area contributed by atoms with Crippen molar-refractivity contribution in [1.29, 1.82) is 0 Å². The lowest BCUT2D eigenvalue weighted by Gasteiger charge is -2.18. The first-order valence-corrected chi connectivity index (χ1v) is 6.91. The third kappa shape index (κ3) is 4.28. The molecule has 0 spiro atoms. The summed E-state index contributed by atoms with van der Waals surface area (Å²) in [5.41, 5.74) is 6.59. The Hall–Kier alpha value is -1.46. The largest absolute Gasteiger partial charge is 0.493 e. The maximum atomic E-state index is 5.49. The number of hydrogen-bond acceptors (Lipinski definition) is 5. The second-order valence-corrected chi connectivity index (χ2v) is 4.63. The Morgan fingerprint density at radius 2 is 1.65 bits per heavy atom. The van der Waals surface area contributed by atoms with Gasteiger partial charge in [-0.25, -0.2) is 0 Å². The highest BCUT2D eigenvalue weighted by Gasteiger charge is 2.15. The molecule has 0 aliphatic carbocycles. The van der Waals surface area contributed by atoms with Crippen molar-refractivity contribution < 1.29 is 14.2 Å². The summed E-state index contributed by atoms with van der Waals surface area (Å²) in [7, 11) is 4.86. The van der Waals surface area contributed by atoms with Crippen molar-refractivity contribution in [2.45, 2.75) is 25.8 Å². The number of unbranched alkanes of at least 4 members (excludes halogenated alkanes) is 1. The van der Waals surface area contributed by atoms with Gasteiger partial charge in [0.2, 0.25) is 5.75 Å². The van der Waals surface area contributed by atoms with Crippen LogP contribution in [0.4, 0.5) is 0 Å². The van der Waals surface area contributed by atoms with Crippen molar-refractivity contribution in [3.8, 4) is 17.2 Å². The van der Waals surface area contributed by atoms with E-state index in [1.54, 1.807) is 21.3 Å². The van der Waals surface area contributed by atoms with E-state index in [-0.39, 0.29) is 6.04 Å². The van der Waals surface area contributed by atoms with Crippen molar-refractivity contribution >= 4 is 0 Å². The second-order valence-electron chi connectivity index (χ2n) is 4.63. The Kier molecular flexibility index (Phi) is 7.18. The van der Waals surface area contributed by atoms with E-state index in [9.17, 15) is 0 Å². The molecule has 20 heavy (non-hydrogen) atoms. The average molecular weight is 282 g/mol. The summed E-state index contributed by atoms with van der Waals surface area (Å²) in [6.45, 7) is 3.79. The van der Waals surface area contributed by atoms with E-state index in [1.807, 2.05) is 12.1 Å². The van der Waals surface area contributed by atoms with Crippen LogP contribution in [0.5, 0.6) is 17.2 Å². The number of ether oxygens (including phenoxy) is 3. The van der Waals surface area contributed by atoms with Crippen LogP contribution in [0.15, 0.2) is 12.1 Å². The van der Waals surface area contributed by atoms with Gasteiger partial charge in [0.15, 0.2) is 11.5 Å². The number of methoxy groups -OCH3 is 3. The van der Waals surface area contributed by atoms with Crippen molar-refractivity contribution in [1.82, 2.24) is 5.32 Å². The molecule has 0 fully saturated rings. The Bertz CT molecular complexity index is 385. The molecule has 0 heterocycles. The van der Waals surface area contributed by atoms with Crippen LogP contribution < -0.4 is 25.3 Å². The van der Waals surface area contributed by atoms with Crippen LogP contribution in [0.25, 0.3) is 0 Å². The summed E-state index contributed by atoms with van der Waals surface area (Å²) in [6, 6.07) is 4.16. The van der Waals surface area contributed by atoms with Crippen molar-refractivity contribution in [3.63, 3.8) is 0 Å². The Morgan fingerprint density at radius 3 is 2.10 bits per heavy atom. The first kappa shape index (κ1) is 16.6. The maximum absolute atomic E-state index is 5.49. The second kappa shape index (κ2) is 8.66. The molecule has 1 aromatic carbocycles. The van der Waals surface area contributed by atoms with Crippen molar-refractivity contribution in [2.75, 3.05) is 34.4 Å². The summed E-state index contributed by atoms with van der Waals surface area (Å²) < 4.78 is 16.0. The van der Waals surface area contributed by atoms with E-state index in [0.29, 0.717) is 17.2 Å². The molecule has 0 radical (unpaired) electrons. The molecule has 0 saturated carbocycles. The third-order valence-corrected chi connectivity index (χ3v) is 3.27. The van der Waals surface area contributed by atoms with E-state index in [2.05, 4.69) is 12.2 Å². The Morgan fingerprint density at radius 1 is 1.05 bits per heavy atom. The molecule has 1 aromatic rings. The maximum Gasteiger partial charge on any atom is 0.203 e. The molecular formula is C15H26N2O3. The fraction of sp³-hybridized carbons (Fsp3) is 0.600. The van der Waals surface area contributed by atoms with Crippen molar-refractivity contribution in [3.05, 3.63) is 17.7 Å². The van der Waals surface area contributed by atoms with E-state index >= 15 is 0 Å². The molecule has 1 rings (SSSR count). The van der Waals surface area contributed by atoms with Crippen LogP contribution in [-0.2, 0) is 0 Å². The molecule has 114 valence electrons. The number of nitrogens with two attached hydrogens (primary N) is 1. The zero-order valence-corrected chi connectivity index (χ0v) is 12.9. The number of benzene rings is 1. The summed E-state index contributed by atoms with van der Waals surface area (Å²) in [4.78, 5) is 0. The van der Waals surface area contributed by atoms with E-state index < -0.39 is 0 Å². The molecule has 0 bridgehead atoms. The predicted molar refractivity (Wildman–Crippen MR) is 80.8 cm³/mol. The SMILES string of the molecule is COc1cc(C(C)NCCCCN)cc(OC)c1OC. The fourth-order valence-electron chi connectivity index (χ4n) is 2.06. The average Bonchev–Trinajstić information content (AvgIpc) is 2.49. The van der Waals surface area contributed by atoms with Gasteiger partial charge in [0.05, 0.1) is 21.3 Å². The van der Waals surface area contributed by atoms with Gasteiger partial charge in [0, 0.05) is 6.04 Å². The molecule has 1 atom stereocenters. The van der Waals surface area contributed by atoms with Gasteiger partial charge in [-0.05, 0) is 50.6 Å². The Labute approximate surface area is 121 Å². The molecule has 0 aliphatic heterocycles. The normalized spacial score (nSPS) is 12.1. The lowest BCUT2D eigenvalue weighted by Crippen LogP contribution is -2.20. The van der Waals surface area contributed by atoms with Crippen molar-refractivity contribution in [2.24, 2.45) is 5.73 Å². The molecule has 0 saturated heterocycles. The fourth-order valence-corrected chi connectivity index (χ4v) is 2.06. The van der Waals surface area contributed by atoms with Crippen LogP contribution >= 0.6 is 0 Å². The third-order valence-electron chi connectivity index (χ3n) is 3.27. The summed E-state index contributed by atoms with van der Waals surface area (Å²) in [6.07, 6.45) is 2.11. The first-order valence-electron chi connectivity index (χ1n) is 6.91. The number of hydrogen-bond donors (Lipinski definition) is 2. The Balaban J connectivity index is 2.83. The van der Waals surface area contributed by atoms with Gasteiger partial charge in [-0.3, -0.25) is 0 Å². The van der Waals surface area contributed by atoms with Crippen LogP contribution in [0.1, 0.15) is 31.4 Å². The minimum Gasteiger partial charge on any atom is -0.493 e. The van der Waals surface area contributed by atoms with Gasteiger partial charge in [0.25, 0.3) is 0 Å². The number of nitrogens with one attached hydrogen (secondary N) is 1. The van der Waals surface area contributed by atoms with Crippen LogP contribution in [0.2, 0.25) is 0 Å². The zero-order chi connectivity index (χ0) is 15.0. The predicted octanol–water partition coefficient (Wildman–Crippen LogP) is 2.10. The van der Waals surface area contributed by atoms with Gasteiger partial charge in [-0.1, -0.05) is 0 Å². The molecule has 0 aliphatic rings. The van der Waals surface area contributed by atoms with Crippen LogP contribution in [0, 0.1) is 0 Å². The van der Waals surface area contributed by atoms with Crippen LogP contribution in [-0.4, -0.2) is 34.4 Å². The number of rotatable bonds is 9. The standard InChI is InChI=1S/C15H26N2O3/c1-11(17-8-6-5-7-16)12-9-13(18-2)15(20-4)14(10-12)19-3/h9-11,17H,5-8,16H2,1-4H3. The van der Waals surface area contributed by atoms with Gasteiger partial charge in [-0.15, -0.1) is 0 Å². The molecule has 0 aromatic heterocycles. The van der Waals surface area contributed by atoms with Gasteiger partial charge in [-0.2, -0.15) is 0 Å². The highest BCUT2D eigenvalue weighted by Crippen LogP contribution is 2.39. The van der Waals surface area contributed by atoms with E-state index in [1.165, 1.54) is 0 Å². The highest BCUT2D eigenvalue weighted by molar-refractivity contribution is 5.54. The van der Waals surface area contributed by atoms with Gasteiger partial charge < -0.3 is 25.3 Å². The van der Waals surface area contributed by atoms with Gasteiger partial charge >= 0.3 is 0 Å². The minimum atomic E-state index is 0.210. The molecule has 3 N–H and O–H groups in total. The molecule has 5 heteroatoms. The minimum absolute atomic E-state index is 0.210. The molecular weight excluding hydrogens is 256 g/mol.